The van der Waals surface area contributed by atoms with E-state index in [4.69, 9.17) is 40.7 Å². The summed E-state index contributed by atoms with van der Waals surface area (Å²) < 4.78 is 58.0. The zero-order valence-corrected chi connectivity index (χ0v) is 38.1. The molecule has 61 heavy (non-hydrogen) atoms. The maximum Gasteiger partial charge on any atom is 0.508 e. The summed E-state index contributed by atoms with van der Waals surface area (Å²) in [5.41, 5.74) is 4.79. The molecule has 1 heterocycles. The van der Waals surface area contributed by atoms with Crippen LogP contribution in [0.4, 0.5) is 4.79 Å². The van der Waals surface area contributed by atoms with E-state index in [0.29, 0.717) is 32.6 Å². The second-order valence-electron chi connectivity index (χ2n) is 16.6. The van der Waals surface area contributed by atoms with Gasteiger partial charge in [-0.2, -0.15) is 5.26 Å². The van der Waals surface area contributed by atoms with E-state index in [0.717, 1.165) is 70.6 Å². The Balaban J connectivity index is 0.944. The van der Waals surface area contributed by atoms with Gasteiger partial charge in [-0.15, -0.1) is 0 Å². The second-order valence-corrected chi connectivity index (χ2v) is 18.0. The summed E-state index contributed by atoms with van der Waals surface area (Å²) in [6.07, 6.45) is 12.6. The zero-order valence-electron chi connectivity index (χ0n) is 39.2. The van der Waals surface area contributed by atoms with Gasteiger partial charge in [0.05, 0.1) is 41.2 Å². The number of ether oxygens (including phenoxy) is 5. The van der Waals surface area contributed by atoms with E-state index in [1.807, 2.05) is 24.3 Å². The molecule has 1 aliphatic carbocycles. The van der Waals surface area contributed by atoms with Crippen LogP contribution in [0.3, 0.4) is 0 Å². The average molecular weight is 871 g/mol. The summed E-state index contributed by atoms with van der Waals surface area (Å²) in [4.78, 5) is 24.6. The standard InChI is InChI=1S/C48H74N3O9P/c1-37(2)51(38(3)4)61(58-33-23-29-49)60-44-34-47(59-45(44)36-54-5)55-31-21-14-12-20-30-50-46(52)28-15-11-9-7-6-8-10-13-22-32-56-48(53)57-35-43-41-26-18-16-24-39(41)40-25-17-19-27-42(40)43/h16-19,24-27,37-38,43-45,47H,6-15,20-23,28,30-36H2,1-5H3,(H,50,52)/i5TD. The number of nitrogens with zero attached hydrogens (tertiary/aromatic N) is 2. The van der Waals surface area contributed by atoms with Gasteiger partial charge >= 0.3 is 6.16 Å². The SMILES string of the molecule is [2H]C([3H])OCC1OC(OCCCCCCNC(=O)CCCCCCCCCCCOC(=O)OCC2c3ccccc3-c3ccccc32)CC1OP(OCCC#N)N(C(C)C)C(C)C. The summed E-state index contributed by atoms with van der Waals surface area (Å²) in [7, 11) is -2.92. The smallest absolute Gasteiger partial charge is 0.434 e. The van der Waals surface area contributed by atoms with Crippen molar-refractivity contribution in [1.82, 2.24) is 9.99 Å². The predicted molar refractivity (Wildman–Crippen MR) is 240 cm³/mol. The van der Waals surface area contributed by atoms with Gasteiger partial charge in [0.15, 0.2) is 6.29 Å². The molecular weight excluding hydrogens is 794 g/mol. The summed E-state index contributed by atoms with van der Waals surface area (Å²) in [6.45, 7) is 10.5. The van der Waals surface area contributed by atoms with Crippen LogP contribution in [-0.2, 0) is 37.5 Å². The largest absolute Gasteiger partial charge is 0.508 e. The van der Waals surface area contributed by atoms with Gasteiger partial charge in [-0.05, 0) is 75.6 Å². The van der Waals surface area contributed by atoms with Crippen molar-refractivity contribution in [3.8, 4) is 17.2 Å². The summed E-state index contributed by atoms with van der Waals surface area (Å²) in [5.74, 6) is 0.158. The molecule has 4 rings (SSSR count). The summed E-state index contributed by atoms with van der Waals surface area (Å²) in [5, 5.41) is 12.1. The fraction of sp³-hybridized carbons (Fsp3) is 0.688. The lowest BCUT2D eigenvalue weighted by Crippen LogP contribution is -2.36. The topological polar surface area (TPSA) is 138 Å². The first-order valence-electron chi connectivity index (χ1n) is 24.0. The van der Waals surface area contributed by atoms with E-state index in [9.17, 15) is 9.59 Å². The van der Waals surface area contributed by atoms with Gasteiger partial charge in [-0.25, -0.2) is 9.46 Å². The summed E-state index contributed by atoms with van der Waals surface area (Å²) in [6, 6.07) is 19.0. The number of nitriles is 1. The zero-order chi connectivity index (χ0) is 45.2. The number of benzene rings is 2. The summed E-state index contributed by atoms with van der Waals surface area (Å²) >= 11 is 0. The molecule has 5 atom stereocenters. The third-order valence-corrected chi connectivity index (χ3v) is 13.3. The molecule has 12 nitrogen and oxygen atoms in total. The lowest BCUT2D eigenvalue weighted by atomic mass is 9.98. The van der Waals surface area contributed by atoms with Crippen LogP contribution < -0.4 is 5.32 Å². The number of carbonyl (C=O) groups excluding carboxylic acids is 2. The number of methoxy groups -OCH3 is 1. The van der Waals surface area contributed by atoms with Crippen molar-refractivity contribution < 1.29 is 45.1 Å². The van der Waals surface area contributed by atoms with Crippen LogP contribution in [0.1, 0.15) is 150 Å². The molecule has 340 valence electrons. The van der Waals surface area contributed by atoms with Crippen LogP contribution in [-0.4, -0.2) is 94.0 Å². The molecule has 2 aromatic carbocycles. The van der Waals surface area contributed by atoms with Crippen molar-refractivity contribution in [2.75, 3.05) is 46.6 Å². The lowest BCUT2D eigenvalue weighted by molar-refractivity contribution is -0.145. The Labute approximate surface area is 370 Å². The molecule has 1 aliphatic heterocycles. The van der Waals surface area contributed by atoms with Gasteiger partial charge in [-0.1, -0.05) is 106 Å². The first kappa shape index (κ1) is 47.3. The van der Waals surface area contributed by atoms with Crippen molar-refractivity contribution in [2.45, 2.75) is 167 Å². The molecule has 13 heteroatoms. The fourth-order valence-electron chi connectivity index (χ4n) is 8.07. The number of carbonyl (C=O) groups is 2. The van der Waals surface area contributed by atoms with E-state index in [-0.39, 0.29) is 50.2 Å². The number of fused-ring (bicyclic) bond motifs is 3. The number of rotatable bonds is 32. The van der Waals surface area contributed by atoms with Crippen molar-refractivity contribution in [2.24, 2.45) is 0 Å². The third kappa shape index (κ3) is 17.9. The molecule has 1 saturated heterocycles. The highest BCUT2D eigenvalue weighted by Crippen LogP contribution is 2.49. The predicted octanol–water partition coefficient (Wildman–Crippen LogP) is 11.0. The van der Waals surface area contributed by atoms with Crippen molar-refractivity contribution in [1.29, 1.82) is 5.26 Å². The number of hydrogen-bond acceptors (Lipinski definition) is 11. The van der Waals surface area contributed by atoms with E-state index in [1.54, 1.807) is 0 Å². The third-order valence-electron chi connectivity index (χ3n) is 11.1. The molecule has 0 aromatic heterocycles. The average Bonchev–Trinajstić information content (AvgIpc) is 3.80. The maximum absolute atomic E-state index is 12.3. The molecule has 2 aliphatic rings. The number of hydrogen-bond donors (Lipinski definition) is 1. The maximum atomic E-state index is 12.3. The Kier molecular flexibility index (Phi) is 22.7. The van der Waals surface area contributed by atoms with E-state index in [1.165, 1.54) is 35.1 Å². The van der Waals surface area contributed by atoms with Crippen LogP contribution in [0.25, 0.3) is 11.1 Å². The highest BCUT2D eigenvalue weighted by atomic mass is 31.2. The van der Waals surface area contributed by atoms with Crippen molar-refractivity contribution in [3.05, 3.63) is 59.7 Å². The number of amides is 1. The van der Waals surface area contributed by atoms with Crippen LogP contribution in [0, 0.1) is 11.3 Å². The van der Waals surface area contributed by atoms with Gasteiger partial charge in [0.25, 0.3) is 8.53 Å². The quantitative estimate of drug-likeness (QED) is 0.0427. The molecule has 1 fully saturated rings. The minimum atomic E-state index is -1.49. The van der Waals surface area contributed by atoms with Gasteiger partial charge < -0.3 is 38.0 Å². The fourth-order valence-corrected chi connectivity index (χ4v) is 9.83. The molecule has 0 radical (unpaired) electrons. The normalized spacial score (nSPS) is 18.7. The van der Waals surface area contributed by atoms with Gasteiger partial charge in [0, 0.05) is 51.1 Å². The highest BCUT2D eigenvalue weighted by Gasteiger charge is 2.41. The molecule has 1 amide bonds. The first-order valence-corrected chi connectivity index (χ1v) is 23.9. The lowest BCUT2D eigenvalue weighted by Gasteiger charge is -2.37. The molecule has 0 saturated carbocycles. The number of nitrogens with one attached hydrogen (secondary N) is 1. The first-order chi connectivity index (χ1) is 30.6. The Morgan fingerprint density at radius 1 is 0.852 bits per heavy atom. The monoisotopic (exact) mass is 871 g/mol. The second kappa shape index (κ2) is 29.3. The van der Waals surface area contributed by atoms with E-state index < -0.39 is 40.2 Å². The van der Waals surface area contributed by atoms with Crippen molar-refractivity contribution in [3.63, 3.8) is 0 Å². The molecule has 2 aromatic rings. The Morgan fingerprint density at radius 3 is 2.10 bits per heavy atom. The Morgan fingerprint density at radius 2 is 1.46 bits per heavy atom. The van der Waals surface area contributed by atoms with Crippen molar-refractivity contribution >= 4 is 20.6 Å². The minimum Gasteiger partial charge on any atom is -0.434 e. The van der Waals surface area contributed by atoms with E-state index in [2.05, 4.69) is 68.0 Å². The van der Waals surface area contributed by atoms with Crippen LogP contribution in [0.15, 0.2) is 48.5 Å². The van der Waals surface area contributed by atoms with E-state index >= 15 is 0 Å². The van der Waals surface area contributed by atoms with Gasteiger partial charge in [0.1, 0.15) is 12.7 Å². The molecule has 0 bridgehead atoms. The molecule has 5 unspecified atom stereocenters. The Hall–Kier alpha value is -3.14. The van der Waals surface area contributed by atoms with Gasteiger partial charge in [0.2, 0.25) is 5.91 Å². The number of unbranched alkanes of at least 4 members (excludes halogenated alkanes) is 11. The minimum absolute atomic E-state index is 0.0340. The molecule has 0 spiro atoms. The Bertz CT molecular complexity index is 1600. The van der Waals surface area contributed by atoms with Crippen LogP contribution in [0.5, 0.6) is 0 Å². The molecular formula is C48H74N3O9P. The van der Waals surface area contributed by atoms with Crippen LogP contribution in [0.2, 0.25) is 0 Å². The van der Waals surface area contributed by atoms with Crippen LogP contribution >= 0.6 is 8.53 Å². The highest BCUT2D eigenvalue weighted by molar-refractivity contribution is 7.44. The van der Waals surface area contributed by atoms with Gasteiger partial charge in [-0.3, -0.25) is 4.79 Å². The molecule has 1 N–H and O–H groups in total.